The normalized spacial score (nSPS) is 20.5. The van der Waals surface area contributed by atoms with Gasteiger partial charge in [0.1, 0.15) is 0 Å². The Morgan fingerprint density at radius 1 is 0.822 bits per heavy atom. The van der Waals surface area contributed by atoms with Crippen LogP contribution < -0.4 is 5.32 Å². The van der Waals surface area contributed by atoms with E-state index in [4.69, 9.17) is 14.6 Å². The van der Waals surface area contributed by atoms with E-state index in [0.29, 0.717) is 25.8 Å². The van der Waals surface area contributed by atoms with Crippen LogP contribution in [0.2, 0.25) is 0 Å². The summed E-state index contributed by atoms with van der Waals surface area (Å²) in [6, 6.07) is 24.4. The van der Waals surface area contributed by atoms with Gasteiger partial charge in [-0.2, -0.15) is 0 Å². The molecule has 2 heterocycles. The Morgan fingerprint density at radius 2 is 1.53 bits per heavy atom. The summed E-state index contributed by atoms with van der Waals surface area (Å²) in [5, 5.41) is 21.3. The Kier molecular flexibility index (Phi) is 12.2. The highest BCUT2D eigenvalue weighted by molar-refractivity contribution is 5.76. The van der Waals surface area contributed by atoms with Gasteiger partial charge >= 0.3 is 5.97 Å². The Labute approximate surface area is 266 Å². The molecule has 3 N–H and O–H groups in total. The molecule has 240 valence electrons. The van der Waals surface area contributed by atoms with Gasteiger partial charge in [-0.1, -0.05) is 85.6 Å². The number of carbonyl (C=O) groups excluding carboxylic acids is 1. The lowest BCUT2D eigenvalue weighted by atomic mass is 9.97. The molecule has 2 saturated heterocycles. The summed E-state index contributed by atoms with van der Waals surface area (Å²) in [6.07, 6.45) is 6.54. The number of aliphatic hydroxyl groups excluding tert-OH is 1. The fraction of sp³-hybridized carbons (Fsp3) is 0.459. The molecular weight excluding hydrogens is 568 g/mol. The fourth-order valence-corrected chi connectivity index (χ4v) is 6.26. The van der Waals surface area contributed by atoms with Crippen LogP contribution in [0.3, 0.4) is 0 Å². The Hall–Kier alpha value is -3.56. The average molecular weight is 615 g/mol. The number of hydrogen-bond acceptors (Lipinski definition) is 6. The smallest absolute Gasteiger partial charge is 0.303 e. The van der Waals surface area contributed by atoms with E-state index >= 15 is 0 Å². The van der Waals surface area contributed by atoms with Crippen LogP contribution in [-0.2, 0) is 32.2 Å². The number of unbranched alkanes of at least 4 members (excludes halogenated alkanes) is 2. The van der Waals surface area contributed by atoms with Crippen molar-refractivity contribution in [1.82, 2.24) is 10.2 Å². The Bertz CT molecular complexity index is 1370. The SMILES string of the molecule is O=C(O)CCCCCC(=O)NCc1ccccc1-c1ccc([C@@H]2O[C@H](CN3CCCCC3)C[C@H](c3ccc(CO)cc3)O2)cc1. The predicted octanol–water partition coefficient (Wildman–Crippen LogP) is 6.53. The molecule has 0 unspecified atom stereocenters. The summed E-state index contributed by atoms with van der Waals surface area (Å²) in [4.78, 5) is 25.6. The third kappa shape index (κ3) is 9.71. The first-order valence-electron chi connectivity index (χ1n) is 16.4. The first kappa shape index (κ1) is 32.8. The molecule has 0 aromatic heterocycles. The number of benzene rings is 3. The summed E-state index contributed by atoms with van der Waals surface area (Å²) in [5.74, 6) is -0.823. The molecule has 3 aromatic rings. The summed E-state index contributed by atoms with van der Waals surface area (Å²) in [5.41, 5.74) is 6.08. The molecule has 45 heavy (non-hydrogen) atoms. The van der Waals surface area contributed by atoms with Crippen LogP contribution in [0, 0.1) is 0 Å². The molecular formula is C37H46N2O6. The van der Waals surface area contributed by atoms with Crippen LogP contribution >= 0.6 is 0 Å². The van der Waals surface area contributed by atoms with Gasteiger partial charge in [-0.05, 0) is 66.6 Å². The van der Waals surface area contributed by atoms with E-state index in [1.54, 1.807) is 0 Å². The monoisotopic (exact) mass is 614 g/mol. The largest absolute Gasteiger partial charge is 0.481 e. The van der Waals surface area contributed by atoms with Crippen molar-refractivity contribution in [2.45, 2.75) is 89.4 Å². The third-order valence-corrected chi connectivity index (χ3v) is 8.81. The number of ether oxygens (including phenoxy) is 2. The lowest BCUT2D eigenvalue weighted by molar-refractivity contribution is -0.253. The molecule has 1 amide bonds. The molecule has 8 heteroatoms. The minimum Gasteiger partial charge on any atom is -0.481 e. The highest BCUT2D eigenvalue weighted by Crippen LogP contribution is 2.39. The van der Waals surface area contributed by atoms with E-state index in [2.05, 4.69) is 52.7 Å². The number of aliphatic carboxylic acids is 1. The van der Waals surface area contributed by atoms with Gasteiger partial charge in [0.2, 0.25) is 5.91 Å². The van der Waals surface area contributed by atoms with Gasteiger partial charge in [-0.25, -0.2) is 0 Å². The van der Waals surface area contributed by atoms with Crippen LogP contribution in [0.5, 0.6) is 0 Å². The molecule has 2 aliphatic rings. The van der Waals surface area contributed by atoms with Crippen molar-refractivity contribution in [3.63, 3.8) is 0 Å². The van der Waals surface area contributed by atoms with E-state index in [0.717, 1.165) is 65.9 Å². The number of carboxylic acids is 1. The average Bonchev–Trinajstić information content (AvgIpc) is 3.07. The standard InChI is InChI=1S/C37H46N2O6/c40-26-27-13-15-29(16-14-27)34-23-32(25-39-21-7-2-8-22-39)44-37(45-34)30-19-17-28(18-20-30)33-10-6-5-9-31(33)24-38-35(41)11-3-1-4-12-36(42)43/h5-6,9-10,13-20,32,34,37,40H,1-4,7-8,11-12,21-26H2,(H,38,41)(H,42,43)/t32-,34+,37+/m0/s1. The topological polar surface area (TPSA) is 108 Å². The molecule has 3 aromatic carbocycles. The summed E-state index contributed by atoms with van der Waals surface area (Å²) < 4.78 is 13.1. The number of piperidine rings is 1. The maximum atomic E-state index is 12.4. The molecule has 2 fully saturated rings. The van der Waals surface area contributed by atoms with E-state index in [9.17, 15) is 14.7 Å². The van der Waals surface area contributed by atoms with Gasteiger partial charge in [0, 0.05) is 37.9 Å². The fourth-order valence-electron chi connectivity index (χ4n) is 6.26. The van der Waals surface area contributed by atoms with Crippen molar-refractivity contribution < 1.29 is 29.3 Å². The quantitative estimate of drug-likeness (QED) is 0.177. The summed E-state index contributed by atoms with van der Waals surface area (Å²) >= 11 is 0. The number of likely N-dealkylation sites (tertiary alicyclic amines) is 1. The van der Waals surface area contributed by atoms with E-state index in [-0.39, 0.29) is 31.1 Å². The molecule has 2 aliphatic heterocycles. The molecule has 3 atom stereocenters. The number of amides is 1. The molecule has 0 saturated carbocycles. The number of hydrogen-bond donors (Lipinski definition) is 3. The van der Waals surface area contributed by atoms with Gasteiger partial charge in [-0.3, -0.25) is 9.59 Å². The number of rotatable bonds is 14. The van der Waals surface area contributed by atoms with E-state index in [1.807, 2.05) is 30.3 Å². The van der Waals surface area contributed by atoms with Crippen molar-refractivity contribution in [1.29, 1.82) is 0 Å². The number of carbonyl (C=O) groups is 2. The van der Waals surface area contributed by atoms with Crippen LogP contribution in [0.25, 0.3) is 11.1 Å². The van der Waals surface area contributed by atoms with Crippen molar-refractivity contribution in [2.75, 3.05) is 19.6 Å². The molecule has 5 rings (SSSR count). The second-order valence-electron chi connectivity index (χ2n) is 12.2. The summed E-state index contributed by atoms with van der Waals surface area (Å²) in [7, 11) is 0. The van der Waals surface area contributed by atoms with Gasteiger partial charge in [0.25, 0.3) is 0 Å². The molecule has 8 nitrogen and oxygen atoms in total. The maximum absolute atomic E-state index is 12.4. The second kappa shape index (κ2) is 16.7. The highest BCUT2D eigenvalue weighted by Gasteiger charge is 2.33. The van der Waals surface area contributed by atoms with Crippen molar-refractivity contribution in [3.05, 3.63) is 95.1 Å². The molecule has 0 spiro atoms. The van der Waals surface area contributed by atoms with Gasteiger partial charge in [0.05, 0.1) is 18.8 Å². The van der Waals surface area contributed by atoms with Crippen LogP contribution in [0.15, 0.2) is 72.8 Å². The van der Waals surface area contributed by atoms with Crippen LogP contribution in [0.4, 0.5) is 0 Å². The van der Waals surface area contributed by atoms with Gasteiger partial charge < -0.3 is 29.9 Å². The zero-order chi connectivity index (χ0) is 31.4. The minimum absolute atomic E-state index is 0.0210. The second-order valence-corrected chi connectivity index (χ2v) is 12.2. The van der Waals surface area contributed by atoms with Crippen LogP contribution in [0.1, 0.15) is 92.4 Å². The molecule has 0 aliphatic carbocycles. The number of nitrogens with zero attached hydrogens (tertiary/aromatic N) is 1. The highest BCUT2D eigenvalue weighted by atomic mass is 16.7. The van der Waals surface area contributed by atoms with Crippen molar-refractivity contribution >= 4 is 11.9 Å². The molecule has 0 radical (unpaired) electrons. The predicted molar refractivity (Wildman–Crippen MR) is 173 cm³/mol. The number of carboxylic acid groups (broad SMARTS) is 1. The Morgan fingerprint density at radius 3 is 2.27 bits per heavy atom. The van der Waals surface area contributed by atoms with E-state index in [1.165, 1.54) is 19.3 Å². The minimum atomic E-state index is -0.797. The molecule has 0 bridgehead atoms. The Balaban J connectivity index is 1.24. The zero-order valence-electron chi connectivity index (χ0n) is 26.0. The van der Waals surface area contributed by atoms with Gasteiger partial charge in [-0.15, -0.1) is 0 Å². The van der Waals surface area contributed by atoms with Gasteiger partial charge in [0.15, 0.2) is 6.29 Å². The lowest BCUT2D eigenvalue weighted by Crippen LogP contribution is -2.41. The maximum Gasteiger partial charge on any atom is 0.303 e. The summed E-state index contributed by atoms with van der Waals surface area (Å²) in [6.45, 7) is 3.57. The lowest BCUT2D eigenvalue weighted by Gasteiger charge is -2.39. The van der Waals surface area contributed by atoms with Crippen molar-refractivity contribution in [3.8, 4) is 11.1 Å². The number of aliphatic hydroxyl groups is 1. The third-order valence-electron chi connectivity index (χ3n) is 8.81. The first-order valence-corrected chi connectivity index (χ1v) is 16.4. The number of nitrogens with one attached hydrogen (secondary N) is 1. The van der Waals surface area contributed by atoms with Crippen molar-refractivity contribution in [2.24, 2.45) is 0 Å². The van der Waals surface area contributed by atoms with Crippen LogP contribution in [-0.4, -0.2) is 52.7 Å². The first-order chi connectivity index (χ1) is 22.0. The van der Waals surface area contributed by atoms with E-state index < -0.39 is 12.3 Å². The zero-order valence-corrected chi connectivity index (χ0v) is 26.0.